The lowest BCUT2D eigenvalue weighted by Crippen LogP contribution is -2.19. The highest BCUT2D eigenvalue weighted by molar-refractivity contribution is 8.01. The number of ether oxygens (including phenoxy) is 1. The Kier molecular flexibility index (Phi) is 5.71. The summed E-state index contributed by atoms with van der Waals surface area (Å²) in [4.78, 5) is 4.96. The Hall–Kier alpha value is -1.02. The third-order valence-electron chi connectivity index (χ3n) is 2.40. The van der Waals surface area contributed by atoms with Crippen LogP contribution in [0.1, 0.15) is 5.56 Å². The number of hydrogen-bond donors (Lipinski definition) is 1. The summed E-state index contributed by atoms with van der Waals surface area (Å²) in [5, 5.41) is 3.15. The zero-order valence-electron chi connectivity index (χ0n) is 10.4. The number of nitrogens with one attached hydrogen (secondary N) is 1. The minimum absolute atomic E-state index is 0.209. The van der Waals surface area contributed by atoms with Crippen LogP contribution >= 0.6 is 23.3 Å². The molecule has 1 aromatic carbocycles. The van der Waals surface area contributed by atoms with E-state index in [1.165, 1.54) is 35.7 Å². The molecular weight excluding hydrogens is 285 g/mol. The van der Waals surface area contributed by atoms with Crippen LogP contribution in [0.2, 0.25) is 0 Å². The summed E-state index contributed by atoms with van der Waals surface area (Å²) in [6.07, 6.45) is 1.50. The maximum Gasteiger partial charge on any atom is 0.174 e. The van der Waals surface area contributed by atoms with Crippen molar-refractivity contribution in [1.82, 2.24) is 14.7 Å². The molecule has 0 fully saturated rings. The molecule has 1 heterocycles. The fraction of sp³-hybridized carbons (Fsp3) is 0.333. The number of benzene rings is 1. The fourth-order valence-electron chi connectivity index (χ4n) is 1.50. The van der Waals surface area contributed by atoms with Crippen LogP contribution in [0.15, 0.2) is 33.8 Å². The Morgan fingerprint density at radius 3 is 3.11 bits per heavy atom. The summed E-state index contributed by atoms with van der Waals surface area (Å²) in [6, 6.07) is 5.07. The minimum atomic E-state index is -0.209. The van der Waals surface area contributed by atoms with Crippen molar-refractivity contribution in [2.45, 2.75) is 15.8 Å². The summed E-state index contributed by atoms with van der Waals surface area (Å²) in [5.41, 5.74) is 0.652. The number of hydrogen-bond acceptors (Lipinski definition) is 6. The van der Waals surface area contributed by atoms with E-state index in [0.29, 0.717) is 25.3 Å². The van der Waals surface area contributed by atoms with Crippen LogP contribution in [0.4, 0.5) is 4.39 Å². The summed E-state index contributed by atoms with van der Waals surface area (Å²) in [6.45, 7) is 1.76. The van der Waals surface area contributed by atoms with Crippen molar-refractivity contribution in [3.8, 4) is 0 Å². The maximum absolute atomic E-state index is 13.9. The average Bonchev–Trinajstić information content (AvgIpc) is 2.90. The van der Waals surface area contributed by atoms with Gasteiger partial charge in [-0.15, -0.1) is 0 Å². The van der Waals surface area contributed by atoms with Crippen LogP contribution in [0, 0.1) is 5.82 Å². The van der Waals surface area contributed by atoms with Crippen LogP contribution in [-0.2, 0) is 11.3 Å². The van der Waals surface area contributed by atoms with E-state index in [0.717, 1.165) is 9.24 Å². The van der Waals surface area contributed by atoms with Gasteiger partial charge in [0.15, 0.2) is 4.34 Å². The average molecular weight is 299 g/mol. The molecule has 0 aliphatic heterocycles. The van der Waals surface area contributed by atoms with Gasteiger partial charge in [0.2, 0.25) is 0 Å². The first-order chi connectivity index (χ1) is 9.31. The van der Waals surface area contributed by atoms with Gasteiger partial charge >= 0.3 is 0 Å². The van der Waals surface area contributed by atoms with Gasteiger partial charge in [0.05, 0.1) is 6.61 Å². The van der Waals surface area contributed by atoms with Crippen LogP contribution in [-0.4, -0.2) is 29.6 Å². The second kappa shape index (κ2) is 7.54. The predicted molar refractivity (Wildman–Crippen MR) is 74.0 cm³/mol. The molecule has 7 heteroatoms. The second-order valence-electron chi connectivity index (χ2n) is 3.70. The molecule has 2 aromatic rings. The molecule has 2 rings (SSSR count). The molecular formula is C12H14FN3OS2. The first-order valence-corrected chi connectivity index (χ1v) is 7.32. The van der Waals surface area contributed by atoms with E-state index in [1.54, 1.807) is 13.2 Å². The van der Waals surface area contributed by atoms with Crippen molar-refractivity contribution in [1.29, 1.82) is 0 Å². The first-order valence-electron chi connectivity index (χ1n) is 5.73. The number of halogens is 1. The van der Waals surface area contributed by atoms with Crippen LogP contribution in [0.5, 0.6) is 0 Å². The first kappa shape index (κ1) is 14.4. The number of methoxy groups -OCH3 is 1. The number of rotatable bonds is 7. The summed E-state index contributed by atoms with van der Waals surface area (Å²) < 4.78 is 23.6. The van der Waals surface area contributed by atoms with Gasteiger partial charge in [0.1, 0.15) is 12.1 Å². The lowest BCUT2D eigenvalue weighted by Gasteiger charge is -2.10. The molecule has 0 amide bonds. The highest BCUT2D eigenvalue weighted by Crippen LogP contribution is 2.31. The van der Waals surface area contributed by atoms with Crippen molar-refractivity contribution in [3.05, 3.63) is 35.9 Å². The Bertz CT molecular complexity index is 508. The molecule has 0 radical (unpaired) electrons. The zero-order chi connectivity index (χ0) is 13.5. The SMILES string of the molecule is COCCNCc1c(F)cccc1Sc1ncns1. The molecule has 0 saturated carbocycles. The Morgan fingerprint density at radius 1 is 1.47 bits per heavy atom. The Morgan fingerprint density at radius 2 is 2.37 bits per heavy atom. The van der Waals surface area contributed by atoms with Gasteiger partial charge in [-0.3, -0.25) is 0 Å². The Balaban J connectivity index is 2.07. The van der Waals surface area contributed by atoms with Gasteiger partial charge in [-0.25, -0.2) is 9.37 Å². The molecule has 0 aliphatic rings. The highest BCUT2D eigenvalue weighted by Gasteiger charge is 2.10. The molecule has 102 valence electrons. The summed E-state index contributed by atoms with van der Waals surface area (Å²) >= 11 is 2.74. The molecule has 19 heavy (non-hydrogen) atoms. The van der Waals surface area contributed by atoms with Crippen molar-refractivity contribution in [3.63, 3.8) is 0 Å². The van der Waals surface area contributed by atoms with Gasteiger partial charge in [0, 0.05) is 30.7 Å². The Labute approximate surface area is 119 Å². The highest BCUT2D eigenvalue weighted by atomic mass is 32.2. The quantitative estimate of drug-likeness (QED) is 0.796. The monoisotopic (exact) mass is 299 g/mol. The maximum atomic E-state index is 13.9. The molecule has 0 spiro atoms. The van der Waals surface area contributed by atoms with Gasteiger partial charge in [-0.2, -0.15) is 4.37 Å². The van der Waals surface area contributed by atoms with Crippen molar-refractivity contribution in [2.24, 2.45) is 0 Å². The van der Waals surface area contributed by atoms with Crippen molar-refractivity contribution in [2.75, 3.05) is 20.3 Å². The predicted octanol–water partition coefficient (Wildman–Crippen LogP) is 2.56. The molecule has 0 aliphatic carbocycles. The largest absolute Gasteiger partial charge is 0.383 e. The standard InChI is InChI=1S/C12H14FN3OS2/c1-17-6-5-14-7-9-10(13)3-2-4-11(9)18-12-15-8-16-19-12/h2-4,8,14H,5-7H2,1H3. The molecule has 4 nitrogen and oxygen atoms in total. The van der Waals surface area contributed by atoms with Crippen LogP contribution < -0.4 is 5.32 Å². The summed E-state index contributed by atoms with van der Waals surface area (Å²) in [7, 11) is 1.64. The van der Waals surface area contributed by atoms with E-state index in [9.17, 15) is 4.39 Å². The van der Waals surface area contributed by atoms with Gasteiger partial charge in [-0.1, -0.05) is 17.8 Å². The second-order valence-corrected chi connectivity index (χ2v) is 5.76. The molecule has 1 N–H and O–H groups in total. The van der Waals surface area contributed by atoms with Crippen LogP contribution in [0.25, 0.3) is 0 Å². The normalized spacial score (nSPS) is 10.8. The van der Waals surface area contributed by atoms with E-state index >= 15 is 0 Å². The van der Waals surface area contributed by atoms with Gasteiger partial charge < -0.3 is 10.1 Å². The molecule has 1 aromatic heterocycles. The minimum Gasteiger partial charge on any atom is -0.383 e. The molecule has 0 unspecified atom stereocenters. The van der Waals surface area contributed by atoms with Gasteiger partial charge in [0.25, 0.3) is 0 Å². The smallest absolute Gasteiger partial charge is 0.174 e. The molecule has 0 bridgehead atoms. The lowest BCUT2D eigenvalue weighted by atomic mass is 10.2. The summed E-state index contributed by atoms with van der Waals surface area (Å²) in [5.74, 6) is -0.209. The number of aromatic nitrogens is 2. The number of nitrogens with zero attached hydrogens (tertiary/aromatic N) is 2. The third kappa shape index (κ3) is 4.24. The van der Waals surface area contributed by atoms with Crippen molar-refractivity contribution >= 4 is 23.3 Å². The molecule has 0 atom stereocenters. The van der Waals surface area contributed by atoms with Gasteiger partial charge in [-0.05, 0) is 23.7 Å². The third-order valence-corrected chi connectivity index (χ3v) is 4.22. The van der Waals surface area contributed by atoms with Crippen molar-refractivity contribution < 1.29 is 9.13 Å². The van der Waals surface area contributed by atoms with E-state index in [1.807, 2.05) is 6.07 Å². The lowest BCUT2D eigenvalue weighted by molar-refractivity contribution is 0.199. The van der Waals surface area contributed by atoms with E-state index in [2.05, 4.69) is 14.7 Å². The van der Waals surface area contributed by atoms with E-state index in [4.69, 9.17) is 4.74 Å². The topological polar surface area (TPSA) is 47.0 Å². The van der Waals surface area contributed by atoms with E-state index < -0.39 is 0 Å². The van der Waals surface area contributed by atoms with E-state index in [-0.39, 0.29) is 5.82 Å². The molecule has 0 saturated heterocycles. The zero-order valence-corrected chi connectivity index (χ0v) is 12.1. The fourth-order valence-corrected chi connectivity index (χ4v) is 3.05. The van der Waals surface area contributed by atoms with Crippen LogP contribution in [0.3, 0.4) is 0 Å².